The van der Waals surface area contributed by atoms with Gasteiger partial charge in [0.25, 0.3) is 5.91 Å². The van der Waals surface area contributed by atoms with Gasteiger partial charge in [-0.2, -0.15) is 0 Å². The second-order valence-corrected chi connectivity index (χ2v) is 5.91. The van der Waals surface area contributed by atoms with Crippen LogP contribution in [0.4, 0.5) is 0 Å². The summed E-state index contributed by atoms with van der Waals surface area (Å²) in [5.41, 5.74) is 0.563. The summed E-state index contributed by atoms with van der Waals surface area (Å²) >= 11 is 0. The third-order valence-corrected chi connectivity index (χ3v) is 3.67. The summed E-state index contributed by atoms with van der Waals surface area (Å²) < 4.78 is 10.4. The van der Waals surface area contributed by atoms with Crippen LogP contribution in [0, 0.1) is 5.92 Å². The van der Waals surface area contributed by atoms with Crippen LogP contribution >= 0.6 is 0 Å². The first-order chi connectivity index (χ1) is 10.5. The maximum Gasteiger partial charge on any atom is 0.328 e. The van der Waals surface area contributed by atoms with E-state index in [2.05, 4.69) is 13.8 Å². The van der Waals surface area contributed by atoms with Crippen LogP contribution in [-0.2, 0) is 9.53 Å². The van der Waals surface area contributed by atoms with Gasteiger partial charge in [-0.05, 0) is 43.0 Å². The van der Waals surface area contributed by atoms with E-state index < -0.39 is 6.04 Å². The number of nitrogens with zero attached hydrogens (tertiary/aromatic N) is 1. The molecule has 1 saturated heterocycles. The molecule has 0 N–H and O–H groups in total. The van der Waals surface area contributed by atoms with Crippen LogP contribution in [0.25, 0.3) is 0 Å². The molecular weight excluding hydrogens is 282 g/mol. The lowest BCUT2D eigenvalue weighted by Gasteiger charge is -2.22. The minimum Gasteiger partial charge on any atom is -0.493 e. The Bertz CT molecular complexity index is 524. The second-order valence-electron chi connectivity index (χ2n) is 5.91. The van der Waals surface area contributed by atoms with Crippen LogP contribution < -0.4 is 4.74 Å². The Hall–Kier alpha value is -2.04. The predicted molar refractivity (Wildman–Crippen MR) is 82.8 cm³/mol. The highest BCUT2D eigenvalue weighted by Gasteiger charge is 2.35. The van der Waals surface area contributed by atoms with E-state index in [1.165, 1.54) is 7.11 Å². The Kier molecular flexibility index (Phi) is 5.41. The molecule has 5 heteroatoms. The van der Waals surface area contributed by atoms with E-state index in [4.69, 9.17) is 9.47 Å². The lowest BCUT2D eigenvalue weighted by molar-refractivity contribution is -0.145. The summed E-state index contributed by atoms with van der Waals surface area (Å²) in [6.45, 7) is 5.39. The summed E-state index contributed by atoms with van der Waals surface area (Å²) in [6.07, 6.45) is 1.48. The van der Waals surface area contributed by atoms with Crippen molar-refractivity contribution in [1.82, 2.24) is 4.90 Å². The van der Waals surface area contributed by atoms with E-state index in [-0.39, 0.29) is 11.9 Å². The highest BCUT2D eigenvalue weighted by molar-refractivity contribution is 5.97. The molecule has 0 saturated carbocycles. The largest absolute Gasteiger partial charge is 0.493 e. The number of rotatable bonds is 5. The molecule has 0 aromatic heterocycles. The van der Waals surface area contributed by atoms with Crippen molar-refractivity contribution in [1.29, 1.82) is 0 Å². The lowest BCUT2D eigenvalue weighted by Crippen LogP contribution is -2.41. The standard InChI is InChI=1S/C17H23NO4/c1-12(2)11-22-14-8-6-13(7-9-14)16(19)18-10-4-5-15(18)17(20)21-3/h6-9,12,15H,4-5,10-11H2,1-3H3/t15-/m1/s1. The molecule has 0 spiro atoms. The van der Waals surface area contributed by atoms with E-state index in [1.54, 1.807) is 29.2 Å². The minimum absolute atomic E-state index is 0.136. The number of benzene rings is 1. The zero-order chi connectivity index (χ0) is 16.1. The molecule has 5 nitrogen and oxygen atoms in total. The highest BCUT2D eigenvalue weighted by Crippen LogP contribution is 2.22. The Morgan fingerprint density at radius 3 is 2.55 bits per heavy atom. The van der Waals surface area contributed by atoms with Gasteiger partial charge in [-0.3, -0.25) is 4.79 Å². The number of amides is 1. The minimum atomic E-state index is -0.464. The van der Waals surface area contributed by atoms with Crippen LogP contribution in [0.15, 0.2) is 24.3 Å². The summed E-state index contributed by atoms with van der Waals surface area (Å²) in [5, 5.41) is 0. The molecule has 1 aromatic rings. The van der Waals surface area contributed by atoms with Gasteiger partial charge in [0, 0.05) is 12.1 Å². The van der Waals surface area contributed by atoms with Crippen molar-refractivity contribution in [2.45, 2.75) is 32.7 Å². The summed E-state index contributed by atoms with van der Waals surface area (Å²) in [6, 6.07) is 6.60. The molecule has 1 aromatic carbocycles. The summed E-state index contributed by atoms with van der Waals surface area (Å²) in [5.74, 6) is 0.717. The number of hydrogen-bond acceptors (Lipinski definition) is 4. The van der Waals surface area contributed by atoms with E-state index in [0.717, 1.165) is 12.2 Å². The normalized spacial score (nSPS) is 17.6. The van der Waals surface area contributed by atoms with Gasteiger partial charge in [0.05, 0.1) is 13.7 Å². The molecule has 1 amide bonds. The molecule has 0 radical (unpaired) electrons. The average molecular weight is 305 g/mol. The van der Waals surface area contributed by atoms with E-state index in [0.29, 0.717) is 31.1 Å². The Morgan fingerprint density at radius 1 is 1.27 bits per heavy atom. The van der Waals surface area contributed by atoms with Crippen molar-refractivity contribution in [2.75, 3.05) is 20.3 Å². The number of ether oxygens (including phenoxy) is 2. The van der Waals surface area contributed by atoms with Crippen LogP contribution in [0.2, 0.25) is 0 Å². The topological polar surface area (TPSA) is 55.8 Å². The van der Waals surface area contributed by atoms with Crippen LogP contribution in [0.5, 0.6) is 5.75 Å². The van der Waals surface area contributed by atoms with Crippen molar-refractivity contribution in [3.63, 3.8) is 0 Å². The van der Waals surface area contributed by atoms with Crippen LogP contribution in [0.3, 0.4) is 0 Å². The maximum absolute atomic E-state index is 12.5. The first-order valence-corrected chi connectivity index (χ1v) is 7.64. The zero-order valence-electron chi connectivity index (χ0n) is 13.4. The number of hydrogen-bond donors (Lipinski definition) is 0. The number of esters is 1. The molecule has 1 atom stereocenters. The van der Waals surface area contributed by atoms with Crippen molar-refractivity contribution >= 4 is 11.9 Å². The van der Waals surface area contributed by atoms with Gasteiger partial charge >= 0.3 is 5.97 Å². The summed E-state index contributed by atoms with van der Waals surface area (Å²) in [7, 11) is 1.35. The fourth-order valence-electron chi connectivity index (χ4n) is 2.51. The maximum atomic E-state index is 12.5. The molecule has 0 bridgehead atoms. The fraction of sp³-hybridized carbons (Fsp3) is 0.529. The first-order valence-electron chi connectivity index (χ1n) is 7.64. The van der Waals surface area contributed by atoms with Gasteiger partial charge in [0.1, 0.15) is 11.8 Å². The smallest absolute Gasteiger partial charge is 0.328 e. The van der Waals surface area contributed by atoms with Crippen LogP contribution in [0.1, 0.15) is 37.0 Å². The van der Waals surface area contributed by atoms with Crippen molar-refractivity contribution < 1.29 is 19.1 Å². The van der Waals surface area contributed by atoms with E-state index >= 15 is 0 Å². The van der Waals surface area contributed by atoms with E-state index in [9.17, 15) is 9.59 Å². The molecule has 1 fully saturated rings. The SMILES string of the molecule is COC(=O)[C@H]1CCCN1C(=O)c1ccc(OCC(C)C)cc1. The van der Waals surface area contributed by atoms with Crippen molar-refractivity contribution in [2.24, 2.45) is 5.92 Å². The molecule has 2 rings (SSSR count). The van der Waals surface area contributed by atoms with Gasteiger partial charge in [0.15, 0.2) is 0 Å². The number of likely N-dealkylation sites (tertiary alicyclic amines) is 1. The number of carbonyl (C=O) groups excluding carboxylic acids is 2. The third kappa shape index (κ3) is 3.78. The molecule has 0 unspecified atom stereocenters. The Morgan fingerprint density at radius 2 is 1.95 bits per heavy atom. The van der Waals surface area contributed by atoms with Gasteiger partial charge in [-0.1, -0.05) is 13.8 Å². The average Bonchev–Trinajstić information content (AvgIpc) is 3.01. The molecule has 1 aliphatic rings. The zero-order valence-corrected chi connectivity index (χ0v) is 13.4. The van der Waals surface area contributed by atoms with Gasteiger partial charge < -0.3 is 14.4 Å². The molecule has 0 aliphatic carbocycles. The Labute approximate surface area is 131 Å². The van der Waals surface area contributed by atoms with Gasteiger partial charge in [-0.25, -0.2) is 4.79 Å². The fourth-order valence-corrected chi connectivity index (χ4v) is 2.51. The molecule has 1 heterocycles. The lowest BCUT2D eigenvalue weighted by atomic mass is 10.1. The quantitative estimate of drug-likeness (QED) is 0.784. The first kappa shape index (κ1) is 16.3. The highest BCUT2D eigenvalue weighted by atomic mass is 16.5. The van der Waals surface area contributed by atoms with E-state index in [1.807, 2.05) is 0 Å². The van der Waals surface area contributed by atoms with Crippen molar-refractivity contribution in [3.05, 3.63) is 29.8 Å². The molecule has 22 heavy (non-hydrogen) atoms. The monoisotopic (exact) mass is 305 g/mol. The van der Waals surface area contributed by atoms with Crippen LogP contribution in [-0.4, -0.2) is 43.1 Å². The predicted octanol–water partition coefficient (Wildman–Crippen LogP) is 2.50. The number of methoxy groups -OCH3 is 1. The van der Waals surface area contributed by atoms with Gasteiger partial charge in [0.2, 0.25) is 0 Å². The van der Waals surface area contributed by atoms with Gasteiger partial charge in [-0.15, -0.1) is 0 Å². The third-order valence-electron chi connectivity index (χ3n) is 3.67. The molecule has 120 valence electrons. The Balaban J connectivity index is 2.04. The van der Waals surface area contributed by atoms with Crippen molar-refractivity contribution in [3.8, 4) is 5.75 Å². The second kappa shape index (κ2) is 7.29. The number of carbonyl (C=O) groups is 2. The molecule has 1 aliphatic heterocycles. The molecular formula is C17H23NO4. The summed E-state index contributed by atoms with van der Waals surface area (Å²) in [4.78, 5) is 25.9.